The molecule has 100 valence electrons. The molecule has 4 heteroatoms. The molecule has 0 aliphatic heterocycles. The maximum atomic E-state index is 5.96. The van der Waals surface area contributed by atoms with Crippen molar-refractivity contribution in [1.29, 1.82) is 0 Å². The van der Waals surface area contributed by atoms with E-state index >= 15 is 0 Å². The monoisotopic (exact) mass is 264 g/mol. The third-order valence-corrected chi connectivity index (χ3v) is 3.42. The van der Waals surface area contributed by atoms with Crippen molar-refractivity contribution >= 4 is 22.3 Å². The van der Waals surface area contributed by atoms with E-state index < -0.39 is 0 Å². The first-order chi connectivity index (χ1) is 9.75. The quantitative estimate of drug-likeness (QED) is 0.713. The predicted octanol–water partition coefficient (Wildman–Crippen LogP) is 3.13. The number of nitrogens with one attached hydrogen (secondary N) is 1. The van der Waals surface area contributed by atoms with Crippen LogP contribution in [0.5, 0.6) is 0 Å². The van der Waals surface area contributed by atoms with Gasteiger partial charge in [-0.15, -0.1) is 0 Å². The van der Waals surface area contributed by atoms with Crippen LogP contribution in [0.2, 0.25) is 0 Å². The van der Waals surface area contributed by atoms with E-state index in [9.17, 15) is 0 Å². The highest BCUT2D eigenvalue weighted by Crippen LogP contribution is 2.26. The topological polar surface area (TPSA) is 63.8 Å². The zero-order valence-corrected chi connectivity index (χ0v) is 11.3. The molecule has 0 aliphatic rings. The summed E-state index contributed by atoms with van der Waals surface area (Å²) in [5, 5.41) is 4.47. The molecular formula is C16H16N4. The summed E-state index contributed by atoms with van der Waals surface area (Å²) in [4.78, 5) is 8.50. The third kappa shape index (κ3) is 2.28. The van der Waals surface area contributed by atoms with Gasteiger partial charge in [-0.1, -0.05) is 0 Å². The van der Waals surface area contributed by atoms with E-state index in [1.165, 1.54) is 11.1 Å². The molecule has 20 heavy (non-hydrogen) atoms. The molecule has 0 saturated heterocycles. The van der Waals surface area contributed by atoms with E-state index in [1.54, 1.807) is 12.4 Å². The Morgan fingerprint density at radius 1 is 1.15 bits per heavy atom. The molecule has 4 nitrogen and oxygen atoms in total. The van der Waals surface area contributed by atoms with Crippen molar-refractivity contribution in [2.45, 2.75) is 13.5 Å². The lowest BCUT2D eigenvalue weighted by Gasteiger charge is -2.11. The van der Waals surface area contributed by atoms with Crippen LogP contribution in [0.25, 0.3) is 10.9 Å². The summed E-state index contributed by atoms with van der Waals surface area (Å²) >= 11 is 0. The molecule has 2 aromatic heterocycles. The maximum absolute atomic E-state index is 5.96. The summed E-state index contributed by atoms with van der Waals surface area (Å²) in [5.74, 6) is 0. The highest BCUT2D eigenvalue weighted by atomic mass is 14.9. The Hall–Kier alpha value is -2.62. The van der Waals surface area contributed by atoms with Crippen LogP contribution in [0.1, 0.15) is 11.1 Å². The Morgan fingerprint density at radius 3 is 2.90 bits per heavy atom. The smallest absolute Gasteiger partial charge is 0.0951 e. The fraction of sp³-hybridized carbons (Fsp3) is 0.125. The van der Waals surface area contributed by atoms with Crippen molar-refractivity contribution < 1.29 is 0 Å². The normalized spacial score (nSPS) is 10.7. The zero-order chi connectivity index (χ0) is 13.9. The minimum Gasteiger partial charge on any atom is -0.397 e. The standard InChI is InChI=1S/C16H16N4/c1-11-6-8-18-9-12(11)10-20-15-5-4-14(17)16-13(15)3-2-7-19-16/h2-9,20H,10,17H2,1H3. The van der Waals surface area contributed by atoms with Crippen LogP contribution in [-0.2, 0) is 6.54 Å². The molecule has 3 N–H and O–H groups in total. The summed E-state index contributed by atoms with van der Waals surface area (Å²) in [6.07, 6.45) is 5.45. The number of benzene rings is 1. The number of hydrogen-bond acceptors (Lipinski definition) is 4. The number of fused-ring (bicyclic) bond motifs is 1. The van der Waals surface area contributed by atoms with E-state index in [1.807, 2.05) is 36.5 Å². The molecule has 0 fully saturated rings. The number of rotatable bonds is 3. The zero-order valence-electron chi connectivity index (χ0n) is 11.3. The van der Waals surface area contributed by atoms with E-state index in [0.717, 1.165) is 23.1 Å². The number of nitrogens with zero attached hydrogens (tertiary/aromatic N) is 2. The van der Waals surface area contributed by atoms with Crippen LogP contribution >= 0.6 is 0 Å². The summed E-state index contributed by atoms with van der Waals surface area (Å²) in [5.41, 5.74) is 10.9. The Morgan fingerprint density at radius 2 is 2.05 bits per heavy atom. The first-order valence-corrected chi connectivity index (χ1v) is 6.52. The lowest BCUT2D eigenvalue weighted by molar-refractivity contribution is 1.08. The maximum Gasteiger partial charge on any atom is 0.0951 e. The number of hydrogen-bond donors (Lipinski definition) is 2. The molecule has 0 atom stereocenters. The minimum absolute atomic E-state index is 0.698. The van der Waals surface area contributed by atoms with Gasteiger partial charge in [-0.05, 0) is 48.4 Å². The van der Waals surface area contributed by atoms with Crippen molar-refractivity contribution in [3.05, 3.63) is 60.0 Å². The summed E-state index contributed by atoms with van der Waals surface area (Å²) in [6.45, 7) is 2.81. The lowest BCUT2D eigenvalue weighted by atomic mass is 10.1. The van der Waals surface area contributed by atoms with Crippen molar-refractivity contribution in [2.24, 2.45) is 0 Å². The van der Waals surface area contributed by atoms with Gasteiger partial charge >= 0.3 is 0 Å². The van der Waals surface area contributed by atoms with Gasteiger partial charge in [-0.25, -0.2) is 0 Å². The predicted molar refractivity (Wildman–Crippen MR) is 82.5 cm³/mol. The van der Waals surface area contributed by atoms with Gasteiger partial charge in [0.05, 0.1) is 11.2 Å². The lowest BCUT2D eigenvalue weighted by Crippen LogP contribution is -2.03. The highest BCUT2D eigenvalue weighted by Gasteiger charge is 2.05. The summed E-state index contributed by atoms with van der Waals surface area (Å²) in [6, 6.07) is 9.83. The van der Waals surface area contributed by atoms with Gasteiger partial charge in [0.25, 0.3) is 0 Å². The molecule has 2 heterocycles. The number of pyridine rings is 2. The van der Waals surface area contributed by atoms with E-state index in [2.05, 4.69) is 22.2 Å². The third-order valence-electron chi connectivity index (χ3n) is 3.42. The fourth-order valence-corrected chi connectivity index (χ4v) is 2.22. The second-order valence-electron chi connectivity index (χ2n) is 4.76. The average Bonchev–Trinajstić information content (AvgIpc) is 2.48. The van der Waals surface area contributed by atoms with Crippen LogP contribution in [0.3, 0.4) is 0 Å². The second kappa shape index (κ2) is 5.17. The number of aromatic nitrogens is 2. The Bertz CT molecular complexity index is 752. The number of nitrogens with two attached hydrogens (primary N) is 1. The largest absolute Gasteiger partial charge is 0.397 e. The Kier molecular flexibility index (Phi) is 3.21. The van der Waals surface area contributed by atoms with Gasteiger partial charge in [0.1, 0.15) is 0 Å². The molecule has 0 amide bonds. The fourth-order valence-electron chi connectivity index (χ4n) is 2.22. The minimum atomic E-state index is 0.698. The molecule has 1 aromatic carbocycles. The second-order valence-corrected chi connectivity index (χ2v) is 4.76. The summed E-state index contributed by atoms with van der Waals surface area (Å²) in [7, 11) is 0. The molecule has 0 saturated carbocycles. The Balaban J connectivity index is 1.92. The van der Waals surface area contributed by atoms with E-state index in [4.69, 9.17) is 5.73 Å². The molecule has 0 bridgehead atoms. The van der Waals surface area contributed by atoms with Crippen LogP contribution in [0.4, 0.5) is 11.4 Å². The van der Waals surface area contributed by atoms with E-state index in [-0.39, 0.29) is 0 Å². The van der Waals surface area contributed by atoms with Crippen molar-refractivity contribution in [3.63, 3.8) is 0 Å². The van der Waals surface area contributed by atoms with Crippen LogP contribution in [0, 0.1) is 6.92 Å². The van der Waals surface area contributed by atoms with Crippen LogP contribution < -0.4 is 11.1 Å². The van der Waals surface area contributed by atoms with Gasteiger partial charge < -0.3 is 11.1 Å². The molecule has 0 radical (unpaired) electrons. The SMILES string of the molecule is Cc1ccncc1CNc1ccc(N)c2ncccc12. The number of anilines is 2. The highest BCUT2D eigenvalue weighted by molar-refractivity contribution is 5.98. The van der Waals surface area contributed by atoms with Gasteiger partial charge in [-0.2, -0.15) is 0 Å². The average molecular weight is 264 g/mol. The summed E-state index contributed by atoms with van der Waals surface area (Å²) < 4.78 is 0. The van der Waals surface area contributed by atoms with Gasteiger partial charge in [-0.3, -0.25) is 9.97 Å². The van der Waals surface area contributed by atoms with Crippen LogP contribution in [0.15, 0.2) is 48.9 Å². The molecule has 0 aliphatic carbocycles. The molecule has 3 rings (SSSR count). The van der Waals surface area contributed by atoms with Crippen molar-refractivity contribution in [1.82, 2.24) is 9.97 Å². The first kappa shape index (κ1) is 12.4. The molecule has 0 unspecified atom stereocenters. The van der Waals surface area contributed by atoms with Gasteiger partial charge in [0.2, 0.25) is 0 Å². The first-order valence-electron chi connectivity index (χ1n) is 6.52. The number of aryl methyl sites for hydroxylation is 1. The molecular weight excluding hydrogens is 248 g/mol. The van der Waals surface area contributed by atoms with Gasteiger partial charge in [0, 0.05) is 36.2 Å². The van der Waals surface area contributed by atoms with Gasteiger partial charge in [0.15, 0.2) is 0 Å². The molecule has 0 spiro atoms. The molecule has 3 aromatic rings. The van der Waals surface area contributed by atoms with Crippen molar-refractivity contribution in [3.8, 4) is 0 Å². The Labute approximate surface area is 117 Å². The van der Waals surface area contributed by atoms with E-state index in [0.29, 0.717) is 5.69 Å². The van der Waals surface area contributed by atoms with Crippen molar-refractivity contribution in [2.75, 3.05) is 11.1 Å². The number of nitrogen functional groups attached to an aromatic ring is 1. The van der Waals surface area contributed by atoms with Crippen LogP contribution in [-0.4, -0.2) is 9.97 Å².